The molecule has 0 aromatic heterocycles. The van der Waals surface area contributed by atoms with E-state index in [1.807, 2.05) is 12.1 Å². The van der Waals surface area contributed by atoms with E-state index in [2.05, 4.69) is 74.6 Å². The molecule has 1 aliphatic heterocycles. The number of nitrogens with one attached hydrogen (secondary N) is 1. The molecule has 2 aromatic rings. The molecule has 6 heteroatoms. The highest BCUT2D eigenvalue weighted by Gasteiger charge is 2.50. The van der Waals surface area contributed by atoms with Crippen molar-refractivity contribution in [3.63, 3.8) is 0 Å². The molecule has 2 atom stereocenters. The molecule has 1 amide bonds. The standard InChI is InChI=1S/C23H31NO4Si/c1-23(2,3)29(20-10-6-4-7-11-20,21-12-8-5-9-13-21)28-17-19-15-14-18(16-27-19)24-22(25)26/h4-13,18-19,24H,14-17H2,1-3H3,(H,25,26). The first kappa shape index (κ1) is 21.6. The highest BCUT2D eigenvalue weighted by molar-refractivity contribution is 6.99. The molecular weight excluding hydrogens is 382 g/mol. The van der Waals surface area contributed by atoms with Gasteiger partial charge in [0.1, 0.15) is 0 Å². The van der Waals surface area contributed by atoms with E-state index in [1.54, 1.807) is 0 Å². The van der Waals surface area contributed by atoms with Gasteiger partial charge in [0.05, 0.1) is 25.4 Å². The van der Waals surface area contributed by atoms with Gasteiger partial charge in [-0.3, -0.25) is 0 Å². The van der Waals surface area contributed by atoms with Crippen molar-refractivity contribution >= 4 is 24.8 Å². The van der Waals surface area contributed by atoms with E-state index >= 15 is 0 Å². The number of rotatable bonds is 6. The van der Waals surface area contributed by atoms with Crippen LogP contribution in [0.2, 0.25) is 5.04 Å². The van der Waals surface area contributed by atoms with Crippen molar-refractivity contribution in [1.82, 2.24) is 5.32 Å². The topological polar surface area (TPSA) is 67.8 Å². The Labute approximate surface area is 174 Å². The molecule has 29 heavy (non-hydrogen) atoms. The Balaban J connectivity index is 1.84. The molecular formula is C23H31NO4Si. The normalized spacial score (nSPS) is 20.2. The fourth-order valence-electron chi connectivity index (χ4n) is 4.21. The van der Waals surface area contributed by atoms with Crippen LogP contribution in [0.1, 0.15) is 33.6 Å². The van der Waals surface area contributed by atoms with E-state index in [0.717, 1.165) is 12.8 Å². The molecule has 0 spiro atoms. The smallest absolute Gasteiger partial charge is 0.404 e. The Morgan fingerprint density at radius 3 is 2.03 bits per heavy atom. The van der Waals surface area contributed by atoms with Gasteiger partial charge in [-0.1, -0.05) is 81.4 Å². The van der Waals surface area contributed by atoms with E-state index in [1.165, 1.54) is 10.4 Å². The summed E-state index contributed by atoms with van der Waals surface area (Å²) < 4.78 is 12.8. The number of carbonyl (C=O) groups is 1. The van der Waals surface area contributed by atoms with Crippen LogP contribution < -0.4 is 15.7 Å². The predicted molar refractivity (Wildman–Crippen MR) is 117 cm³/mol. The summed E-state index contributed by atoms with van der Waals surface area (Å²) in [6.07, 6.45) is 0.522. The van der Waals surface area contributed by atoms with Gasteiger partial charge in [0.25, 0.3) is 8.32 Å². The monoisotopic (exact) mass is 413 g/mol. The van der Waals surface area contributed by atoms with Gasteiger partial charge >= 0.3 is 6.09 Å². The minimum atomic E-state index is -2.57. The molecule has 0 radical (unpaired) electrons. The summed E-state index contributed by atoms with van der Waals surface area (Å²) in [5, 5.41) is 13.8. The SMILES string of the molecule is CC(C)(C)[Si](OCC1CCC(NC(=O)O)CO1)(c1ccccc1)c1ccccc1. The van der Waals surface area contributed by atoms with Crippen LogP contribution in [0.25, 0.3) is 0 Å². The van der Waals surface area contributed by atoms with Gasteiger partial charge < -0.3 is 19.6 Å². The molecule has 156 valence electrons. The van der Waals surface area contributed by atoms with Gasteiger partial charge in [0.15, 0.2) is 0 Å². The molecule has 1 aliphatic rings. The van der Waals surface area contributed by atoms with E-state index in [9.17, 15) is 4.79 Å². The van der Waals surface area contributed by atoms with Crippen molar-refractivity contribution < 1.29 is 19.1 Å². The number of carboxylic acid groups (broad SMARTS) is 1. The highest BCUT2D eigenvalue weighted by Crippen LogP contribution is 2.37. The molecule has 1 saturated heterocycles. The molecule has 2 N–H and O–H groups in total. The molecule has 1 fully saturated rings. The van der Waals surface area contributed by atoms with Crippen molar-refractivity contribution in [3.05, 3.63) is 60.7 Å². The first-order valence-electron chi connectivity index (χ1n) is 10.2. The highest BCUT2D eigenvalue weighted by atomic mass is 28.4. The van der Waals surface area contributed by atoms with Crippen LogP contribution in [0.3, 0.4) is 0 Å². The number of hydrogen-bond donors (Lipinski definition) is 2. The summed E-state index contributed by atoms with van der Waals surface area (Å²) in [6, 6.07) is 21.0. The number of amides is 1. The van der Waals surface area contributed by atoms with Crippen molar-refractivity contribution in [2.75, 3.05) is 13.2 Å². The maximum absolute atomic E-state index is 10.8. The van der Waals surface area contributed by atoms with Crippen LogP contribution in [0.15, 0.2) is 60.7 Å². The van der Waals surface area contributed by atoms with Crippen molar-refractivity contribution in [3.8, 4) is 0 Å². The maximum Gasteiger partial charge on any atom is 0.404 e. The Bertz CT molecular complexity index is 744. The molecule has 2 unspecified atom stereocenters. The van der Waals surface area contributed by atoms with Crippen LogP contribution in [0.4, 0.5) is 4.79 Å². The van der Waals surface area contributed by atoms with Crippen molar-refractivity contribution in [1.29, 1.82) is 0 Å². The fraction of sp³-hybridized carbons (Fsp3) is 0.435. The quantitative estimate of drug-likeness (QED) is 0.713. The minimum absolute atomic E-state index is 0.0245. The van der Waals surface area contributed by atoms with E-state index in [4.69, 9.17) is 14.3 Å². The molecule has 0 saturated carbocycles. The van der Waals surface area contributed by atoms with Gasteiger partial charge in [-0.2, -0.15) is 0 Å². The molecule has 0 aliphatic carbocycles. The van der Waals surface area contributed by atoms with Gasteiger partial charge in [-0.15, -0.1) is 0 Å². The Hall–Kier alpha value is -2.15. The van der Waals surface area contributed by atoms with Crippen molar-refractivity contribution in [2.45, 2.75) is 50.8 Å². The number of benzene rings is 2. The zero-order valence-corrected chi connectivity index (χ0v) is 18.4. The summed E-state index contributed by atoms with van der Waals surface area (Å²) >= 11 is 0. The van der Waals surface area contributed by atoms with Crippen LogP contribution in [-0.4, -0.2) is 44.9 Å². The first-order valence-corrected chi connectivity index (χ1v) is 12.1. The molecule has 2 aromatic carbocycles. The minimum Gasteiger partial charge on any atom is -0.465 e. The summed E-state index contributed by atoms with van der Waals surface area (Å²) in [5.41, 5.74) is 0. The number of hydrogen-bond acceptors (Lipinski definition) is 3. The van der Waals surface area contributed by atoms with E-state index in [-0.39, 0.29) is 17.2 Å². The largest absolute Gasteiger partial charge is 0.465 e. The Morgan fingerprint density at radius 2 is 1.62 bits per heavy atom. The lowest BCUT2D eigenvalue weighted by molar-refractivity contribution is -0.0270. The van der Waals surface area contributed by atoms with E-state index < -0.39 is 14.4 Å². The second kappa shape index (κ2) is 9.11. The third-order valence-electron chi connectivity index (χ3n) is 5.60. The first-order chi connectivity index (χ1) is 13.8. The predicted octanol–water partition coefficient (Wildman–Crippen LogP) is 3.38. The third kappa shape index (κ3) is 4.89. The summed E-state index contributed by atoms with van der Waals surface area (Å²) in [4.78, 5) is 10.8. The number of ether oxygens (including phenoxy) is 1. The van der Waals surface area contributed by atoms with E-state index in [0.29, 0.717) is 13.2 Å². The molecule has 0 bridgehead atoms. The Kier molecular flexibility index (Phi) is 6.77. The Morgan fingerprint density at radius 1 is 1.07 bits per heavy atom. The summed E-state index contributed by atoms with van der Waals surface area (Å²) in [7, 11) is -2.57. The van der Waals surface area contributed by atoms with Gasteiger partial charge in [-0.05, 0) is 28.3 Å². The van der Waals surface area contributed by atoms with Crippen LogP contribution >= 0.6 is 0 Å². The van der Waals surface area contributed by atoms with Crippen molar-refractivity contribution in [2.24, 2.45) is 0 Å². The fourth-order valence-corrected chi connectivity index (χ4v) is 8.80. The maximum atomic E-state index is 10.8. The summed E-state index contributed by atoms with van der Waals surface area (Å²) in [6.45, 7) is 7.67. The van der Waals surface area contributed by atoms with Gasteiger partial charge in [0.2, 0.25) is 0 Å². The zero-order chi connectivity index (χ0) is 20.9. The lowest BCUT2D eigenvalue weighted by Crippen LogP contribution is -2.67. The van der Waals surface area contributed by atoms with Crippen LogP contribution in [-0.2, 0) is 9.16 Å². The van der Waals surface area contributed by atoms with Gasteiger partial charge in [-0.25, -0.2) is 4.79 Å². The second-order valence-electron chi connectivity index (χ2n) is 8.65. The molecule has 3 rings (SSSR count). The van der Waals surface area contributed by atoms with Crippen LogP contribution in [0.5, 0.6) is 0 Å². The molecule has 1 heterocycles. The average molecular weight is 414 g/mol. The lowest BCUT2D eigenvalue weighted by Gasteiger charge is -2.44. The zero-order valence-electron chi connectivity index (χ0n) is 17.4. The third-order valence-corrected chi connectivity index (χ3v) is 10.6. The summed E-state index contributed by atoms with van der Waals surface area (Å²) in [5.74, 6) is 0. The lowest BCUT2D eigenvalue weighted by atomic mass is 10.1. The average Bonchev–Trinajstić information content (AvgIpc) is 2.70. The second-order valence-corrected chi connectivity index (χ2v) is 13.0. The van der Waals surface area contributed by atoms with Gasteiger partial charge in [0, 0.05) is 0 Å². The van der Waals surface area contributed by atoms with Crippen LogP contribution in [0, 0.1) is 0 Å². The molecule has 5 nitrogen and oxygen atoms in total.